The average Bonchev–Trinajstić information content (AvgIpc) is 3.38. The number of hydrogen-bond acceptors (Lipinski definition) is 8. The van der Waals surface area contributed by atoms with E-state index in [4.69, 9.17) is 29.9 Å². The highest BCUT2D eigenvalue weighted by Crippen LogP contribution is 2.09. The second kappa shape index (κ2) is 121. The highest BCUT2D eigenvalue weighted by Gasteiger charge is 1.95. The van der Waals surface area contributed by atoms with Crippen molar-refractivity contribution in [1.29, 1.82) is 0 Å². The van der Waals surface area contributed by atoms with Crippen molar-refractivity contribution >= 4 is 11.9 Å². The van der Waals surface area contributed by atoms with E-state index >= 15 is 0 Å². The molecular weight excluding hydrogens is 985 g/mol. The van der Waals surface area contributed by atoms with Crippen LogP contribution in [0.3, 0.4) is 0 Å². The van der Waals surface area contributed by atoms with Crippen LogP contribution >= 0.6 is 0 Å². The van der Waals surface area contributed by atoms with Gasteiger partial charge in [-0.3, -0.25) is 9.59 Å². The fraction of sp³-hybridized carbons (Fsp3) is 0.686. The predicted octanol–water partition coefficient (Wildman–Crippen LogP) is 20.6. The maximum Gasteiger partial charge on any atom is 0.302 e. The number of ether oxygens (including phenoxy) is 2. The second-order valence-electron chi connectivity index (χ2n) is 17.3. The molecule has 6 N–H and O–H groups in total. The van der Waals surface area contributed by atoms with Crippen LogP contribution in [-0.2, 0) is 19.1 Å². The lowest BCUT2D eigenvalue weighted by Gasteiger charge is -2.01. The summed E-state index contributed by atoms with van der Waals surface area (Å²) in [5.41, 5.74) is 0. The molecule has 0 unspecified atom stereocenters. The molecule has 0 fully saturated rings. The van der Waals surface area contributed by atoms with Gasteiger partial charge in [-0.15, -0.1) is 13.2 Å². The van der Waals surface area contributed by atoms with Gasteiger partial charge in [-0.2, -0.15) is 0 Å². The van der Waals surface area contributed by atoms with E-state index < -0.39 is 0 Å². The predicted molar refractivity (Wildman–Crippen MR) is 360 cm³/mol. The van der Waals surface area contributed by atoms with Crippen molar-refractivity contribution in [2.75, 3.05) is 39.6 Å². The van der Waals surface area contributed by atoms with Crippen LogP contribution in [0.15, 0.2) is 124 Å². The van der Waals surface area contributed by atoms with E-state index in [9.17, 15) is 9.59 Å². The lowest BCUT2D eigenvalue weighted by molar-refractivity contribution is -0.142. The summed E-state index contributed by atoms with van der Waals surface area (Å²) in [5.74, 6) is -0.347. The van der Waals surface area contributed by atoms with Gasteiger partial charge in [0.05, 0.1) is 13.2 Å². The van der Waals surface area contributed by atoms with Gasteiger partial charge < -0.3 is 35.4 Å². The number of unbranched alkanes of at least 4 members (excludes halogenated alkanes) is 26. The molecule has 0 aliphatic rings. The number of hydrogen-bond donors (Lipinski definition) is 4. The molecule has 79 heavy (non-hydrogen) atoms. The van der Waals surface area contributed by atoms with Crippen LogP contribution in [0.4, 0.5) is 0 Å². The van der Waals surface area contributed by atoms with E-state index in [-0.39, 0.29) is 54.5 Å². The molecule has 0 spiro atoms. The molecule has 0 aliphatic heterocycles. The molecule has 0 aromatic rings. The number of aliphatic hydroxyl groups excluding tert-OH is 4. The topological polar surface area (TPSA) is 165 Å². The number of carbonyl (C=O) groups is 2. The van der Waals surface area contributed by atoms with E-state index in [1.54, 1.807) is 12.2 Å². The van der Waals surface area contributed by atoms with Crippen LogP contribution in [0, 0.1) is 0 Å². The summed E-state index contributed by atoms with van der Waals surface area (Å²) in [6, 6.07) is 0. The lowest BCUT2D eigenvalue weighted by atomic mass is 10.1. The van der Waals surface area contributed by atoms with Gasteiger partial charge in [0.1, 0.15) is 0 Å². The third kappa shape index (κ3) is 166. The van der Waals surface area contributed by atoms with Crippen LogP contribution in [0.5, 0.6) is 0 Å². The first-order valence-electron chi connectivity index (χ1n) is 28.6. The highest BCUT2D eigenvalue weighted by atomic mass is 16.5. The fourth-order valence-corrected chi connectivity index (χ4v) is 6.03. The first-order valence-corrected chi connectivity index (χ1v) is 28.6. The van der Waals surface area contributed by atoms with Gasteiger partial charge in [-0.05, 0) is 118 Å². The Kier molecular flexibility index (Phi) is 164. The Hall–Kier alpha value is -3.86. The minimum Gasteiger partial charge on any atom is -0.466 e. The number of carbonyl (C=O) groups excluding carboxylic acids is 2. The van der Waals surface area contributed by atoms with Gasteiger partial charge >= 0.3 is 11.9 Å². The van der Waals surface area contributed by atoms with Crippen LogP contribution < -0.4 is 0 Å². The standard InChI is InChI=1S/C14H24O2.C12H22O.C11H20O2.C9H20O2.C9H18O.2C5H8.5CH4.H2O/c1-3-4-5-6-7-8-9-10-11-12-13-16-14(2)15;1-2-3-4-5-6-7-8-9-10-11-12-13;1-3-4-5-6-7-8-9-10-13-11(2)12;10-8-6-4-2-1-3-5-7-9-11;1-2-3-4-5-6-7-8-9-10;2*1-3-5-4-2;;;;;;/h3-6H,7-13H2,1-2H3;2-5,13H,6-12H2,1H3;3H,1,4-10H2,2H3;10-11H,1-9H2;2,10H,1,3-9H2;2*3-5H,1H2,2H3;5*1H4;1H2/b4-3+,6-5+;3-2+,5-4+;;;;2*5-4+;;;;;;. The molecule has 0 aromatic carbocycles. The molecule has 0 heterocycles. The molecule has 0 aromatic heterocycles. The number of rotatable bonds is 42. The summed E-state index contributed by atoms with van der Waals surface area (Å²) in [4.78, 5) is 20.9. The van der Waals surface area contributed by atoms with E-state index in [2.05, 4.69) is 62.8 Å². The first-order chi connectivity index (χ1) is 35.6. The highest BCUT2D eigenvalue weighted by molar-refractivity contribution is 5.66. The molecular formula is C70H142O9. The van der Waals surface area contributed by atoms with Gasteiger partial charge in [-0.25, -0.2) is 0 Å². The summed E-state index contributed by atoms with van der Waals surface area (Å²) in [6.07, 6.45) is 68.1. The van der Waals surface area contributed by atoms with Crippen molar-refractivity contribution < 1.29 is 45.0 Å². The molecule has 0 bridgehead atoms. The molecule has 476 valence electrons. The number of aliphatic hydroxyl groups is 4. The van der Waals surface area contributed by atoms with Crippen molar-refractivity contribution in [2.24, 2.45) is 0 Å². The van der Waals surface area contributed by atoms with Crippen molar-refractivity contribution in [3.63, 3.8) is 0 Å². The molecule has 0 saturated carbocycles. The summed E-state index contributed by atoms with van der Waals surface area (Å²) < 4.78 is 9.67. The monoisotopic (exact) mass is 1130 g/mol. The molecule has 0 aliphatic carbocycles. The summed E-state index contributed by atoms with van der Waals surface area (Å²) in [5, 5.41) is 33.9. The quantitative estimate of drug-likeness (QED) is 0.0203. The molecule has 0 radical (unpaired) electrons. The maximum atomic E-state index is 10.5. The Labute approximate surface area is 495 Å². The second-order valence-corrected chi connectivity index (χ2v) is 17.3. The fourth-order valence-electron chi connectivity index (χ4n) is 6.03. The van der Waals surface area contributed by atoms with E-state index in [1.807, 2.05) is 76.3 Å². The largest absolute Gasteiger partial charge is 0.466 e. The summed E-state index contributed by atoms with van der Waals surface area (Å²) >= 11 is 0. The third-order valence-electron chi connectivity index (χ3n) is 10.1. The van der Waals surface area contributed by atoms with Crippen LogP contribution in [-0.4, -0.2) is 77.5 Å². The van der Waals surface area contributed by atoms with E-state index in [1.165, 1.54) is 129 Å². The van der Waals surface area contributed by atoms with Gasteiger partial charge in [-0.1, -0.05) is 257 Å². The van der Waals surface area contributed by atoms with Crippen LogP contribution in [0.2, 0.25) is 0 Å². The lowest BCUT2D eigenvalue weighted by Crippen LogP contribution is -1.99. The zero-order chi connectivity index (χ0) is 56.0. The zero-order valence-corrected chi connectivity index (χ0v) is 49.2. The summed E-state index contributed by atoms with van der Waals surface area (Å²) in [7, 11) is 0. The third-order valence-corrected chi connectivity index (χ3v) is 10.1. The SMILES string of the molecule is C.C.C.C.C.C/C=C/C=C/CCCCCCCO.C/C=C/C=C/CCCCCCCOC(C)=O.C=C/C=C/C.C=C/C=C/C.C=CCCCCCCCO.C=CCCCCCCCOC(C)=O.O.OCCCCCCCCCO. The molecule has 0 atom stereocenters. The Morgan fingerprint density at radius 1 is 0.329 bits per heavy atom. The van der Waals surface area contributed by atoms with Gasteiger partial charge in [0.25, 0.3) is 0 Å². The van der Waals surface area contributed by atoms with Crippen molar-refractivity contribution in [3.05, 3.63) is 124 Å². The van der Waals surface area contributed by atoms with Gasteiger partial charge in [0.15, 0.2) is 0 Å². The number of esters is 2. The molecule has 0 saturated heterocycles. The molecule has 0 amide bonds. The van der Waals surface area contributed by atoms with Gasteiger partial charge in [0, 0.05) is 40.3 Å². The minimum atomic E-state index is -0.174. The maximum absolute atomic E-state index is 10.5. The van der Waals surface area contributed by atoms with Crippen molar-refractivity contribution in [3.8, 4) is 0 Å². The van der Waals surface area contributed by atoms with Crippen molar-refractivity contribution in [1.82, 2.24) is 0 Å². The smallest absolute Gasteiger partial charge is 0.302 e. The molecule has 0 rings (SSSR count). The normalized spacial score (nSPS) is 9.65. The molecule has 9 nitrogen and oxygen atoms in total. The van der Waals surface area contributed by atoms with Gasteiger partial charge in [0.2, 0.25) is 0 Å². The zero-order valence-electron chi connectivity index (χ0n) is 49.2. The Morgan fingerprint density at radius 2 is 0.544 bits per heavy atom. The van der Waals surface area contributed by atoms with E-state index in [0.29, 0.717) is 39.6 Å². The number of allylic oxidation sites excluding steroid dienone is 16. The van der Waals surface area contributed by atoms with Crippen molar-refractivity contribution in [2.45, 2.75) is 278 Å². The summed E-state index contributed by atoms with van der Waals surface area (Å²) in [6.45, 7) is 27.6. The Balaban J connectivity index is -0.0000000592. The van der Waals surface area contributed by atoms with E-state index in [0.717, 1.165) is 83.5 Å². The average molecular weight is 1130 g/mol. The Bertz CT molecular complexity index is 1190. The van der Waals surface area contributed by atoms with Crippen LogP contribution in [0.1, 0.15) is 278 Å². The minimum absolute atomic E-state index is 0. The molecule has 9 heteroatoms. The van der Waals surface area contributed by atoms with Crippen LogP contribution in [0.25, 0.3) is 0 Å². The Morgan fingerprint density at radius 3 is 0.734 bits per heavy atom. The first kappa shape index (κ1) is 107.